The third-order valence-electron chi connectivity index (χ3n) is 4.21. The van der Waals surface area contributed by atoms with Gasteiger partial charge in [-0.2, -0.15) is 0 Å². The van der Waals surface area contributed by atoms with Crippen molar-refractivity contribution in [2.75, 3.05) is 26.7 Å². The van der Waals surface area contributed by atoms with Crippen molar-refractivity contribution in [2.45, 2.75) is 51.6 Å². The average Bonchev–Trinajstić information content (AvgIpc) is 2.90. The van der Waals surface area contributed by atoms with Crippen LogP contribution in [0.5, 0.6) is 5.75 Å². The smallest absolute Gasteiger partial charge is 0.118 e. The van der Waals surface area contributed by atoms with Gasteiger partial charge >= 0.3 is 0 Å². The number of nitrogens with zero attached hydrogens (tertiary/aromatic N) is 1. The van der Waals surface area contributed by atoms with E-state index in [1.807, 2.05) is 0 Å². The van der Waals surface area contributed by atoms with Crippen molar-refractivity contribution in [1.29, 1.82) is 0 Å². The van der Waals surface area contributed by atoms with Crippen molar-refractivity contribution in [1.82, 2.24) is 10.2 Å². The zero-order chi connectivity index (χ0) is 15.3. The fourth-order valence-corrected chi connectivity index (χ4v) is 2.91. The Kier molecular flexibility index (Phi) is 5.65. The molecule has 0 amide bonds. The highest BCUT2D eigenvalue weighted by molar-refractivity contribution is 5.27. The maximum atomic E-state index is 5.21. The molecule has 118 valence electrons. The van der Waals surface area contributed by atoms with E-state index in [0.717, 1.165) is 25.3 Å². The van der Waals surface area contributed by atoms with Gasteiger partial charge in [0, 0.05) is 24.7 Å². The van der Waals surface area contributed by atoms with Gasteiger partial charge in [0.1, 0.15) is 5.75 Å². The predicted molar refractivity (Wildman–Crippen MR) is 89.0 cm³/mol. The molecule has 1 aliphatic rings. The largest absolute Gasteiger partial charge is 0.497 e. The first-order valence-corrected chi connectivity index (χ1v) is 8.10. The number of likely N-dealkylation sites (tertiary alicyclic amines) is 1. The molecule has 1 aliphatic heterocycles. The van der Waals surface area contributed by atoms with Gasteiger partial charge in [-0.1, -0.05) is 12.1 Å². The lowest BCUT2D eigenvalue weighted by Crippen LogP contribution is -2.45. The van der Waals surface area contributed by atoms with Crippen LogP contribution in [0.1, 0.15) is 39.2 Å². The molecule has 3 nitrogen and oxygen atoms in total. The summed E-state index contributed by atoms with van der Waals surface area (Å²) in [5.74, 6) is 0.937. The maximum absolute atomic E-state index is 5.21. The predicted octanol–water partition coefficient (Wildman–Crippen LogP) is 3.09. The fraction of sp³-hybridized carbons (Fsp3) is 0.667. The van der Waals surface area contributed by atoms with Crippen molar-refractivity contribution >= 4 is 0 Å². The van der Waals surface area contributed by atoms with Crippen LogP contribution >= 0.6 is 0 Å². The summed E-state index contributed by atoms with van der Waals surface area (Å²) in [5, 5.41) is 3.65. The van der Waals surface area contributed by atoms with Crippen LogP contribution in [-0.4, -0.2) is 43.2 Å². The minimum Gasteiger partial charge on any atom is -0.497 e. The Balaban J connectivity index is 1.80. The molecular weight excluding hydrogens is 260 g/mol. The van der Waals surface area contributed by atoms with Crippen molar-refractivity contribution in [3.63, 3.8) is 0 Å². The van der Waals surface area contributed by atoms with E-state index in [0.29, 0.717) is 6.04 Å². The van der Waals surface area contributed by atoms with Gasteiger partial charge in [0.05, 0.1) is 7.11 Å². The van der Waals surface area contributed by atoms with Crippen LogP contribution in [0.4, 0.5) is 0 Å². The van der Waals surface area contributed by atoms with Gasteiger partial charge < -0.3 is 10.1 Å². The van der Waals surface area contributed by atoms with Crippen molar-refractivity contribution in [3.8, 4) is 5.75 Å². The van der Waals surface area contributed by atoms with E-state index in [1.165, 1.54) is 24.9 Å². The lowest BCUT2D eigenvalue weighted by Gasteiger charge is -2.29. The van der Waals surface area contributed by atoms with Crippen LogP contribution in [0, 0.1) is 0 Å². The Hall–Kier alpha value is -1.06. The molecule has 21 heavy (non-hydrogen) atoms. The second-order valence-electron chi connectivity index (χ2n) is 7.06. The molecule has 0 spiro atoms. The summed E-state index contributed by atoms with van der Waals surface area (Å²) < 4.78 is 5.21. The Labute approximate surface area is 129 Å². The Morgan fingerprint density at radius 1 is 1.24 bits per heavy atom. The molecule has 2 rings (SSSR count). The number of rotatable bonds is 6. The lowest BCUT2D eigenvalue weighted by molar-refractivity contribution is 0.236. The molecule has 0 radical (unpaired) electrons. The molecule has 0 aromatic heterocycles. The van der Waals surface area contributed by atoms with E-state index >= 15 is 0 Å². The molecule has 0 saturated carbocycles. The number of benzene rings is 1. The number of hydrogen-bond donors (Lipinski definition) is 1. The normalized spacial score (nSPS) is 19.9. The first kappa shape index (κ1) is 16.3. The summed E-state index contributed by atoms with van der Waals surface area (Å²) in [4.78, 5) is 2.64. The van der Waals surface area contributed by atoms with Gasteiger partial charge in [-0.15, -0.1) is 0 Å². The van der Waals surface area contributed by atoms with Gasteiger partial charge in [-0.25, -0.2) is 0 Å². The van der Waals surface area contributed by atoms with E-state index < -0.39 is 0 Å². The van der Waals surface area contributed by atoms with Gasteiger partial charge in [0.2, 0.25) is 0 Å². The Morgan fingerprint density at radius 3 is 2.57 bits per heavy atom. The van der Waals surface area contributed by atoms with E-state index in [1.54, 1.807) is 7.11 Å². The third-order valence-corrected chi connectivity index (χ3v) is 4.21. The highest BCUT2D eigenvalue weighted by Gasteiger charge is 2.25. The molecule has 1 aromatic carbocycles. The summed E-state index contributed by atoms with van der Waals surface area (Å²) >= 11 is 0. The van der Waals surface area contributed by atoms with Crippen LogP contribution in [-0.2, 0) is 6.42 Å². The topological polar surface area (TPSA) is 24.5 Å². The summed E-state index contributed by atoms with van der Waals surface area (Å²) in [7, 11) is 1.71. The van der Waals surface area contributed by atoms with Crippen molar-refractivity contribution in [3.05, 3.63) is 29.8 Å². The van der Waals surface area contributed by atoms with E-state index in [-0.39, 0.29) is 5.54 Å². The lowest BCUT2D eigenvalue weighted by atomic mass is 10.1. The van der Waals surface area contributed by atoms with Crippen LogP contribution in [0.25, 0.3) is 0 Å². The number of ether oxygens (including phenoxy) is 1. The van der Waals surface area contributed by atoms with Gasteiger partial charge in [0.15, 0.2) is 0 Å². The minimum absolute atomic E-state index is 0.213. The molecule has 1 aromatic rings. The third kappa shape index (κ3) is 5.33. The van der Waals surface area contributed by atoms with Gasteiger partial charge in [-0.3, -0.25) is 4.90 Å². The van der Waals surface area contributed by atoms with Gasteiger partial charge in [-0.05, 0) is 64.3 Å². The fourth-order valence-electron chi connectivity index (χ4n) is 2.91. The van der Waals surface area contributed by atoms with Gasteiger partial charge in [0.25, 0.3) is 0 Å². The van der Waals surface area contributed by atoms with Crippen LogP contribution in [0.15, 0.2) is 24.3 Å². The molecule has 1 atom stereocenters. The SMILES string of the molecule is COc1ccc(CCN2CCCC2CNC(C)(C)C)cc1. The molecule has 1 fully saturated rings. The molecule has 1 N–H and O–H groups in total. The highest BCUT2D eigenvalue weighted by Crippen LogP contribution is 2.19. The van der Waals surface area contributed by atoms with E-state index in [4.69, 9.17) is 4.74 Å². The molecule has 1 unspecified atom stereocenters. The van der Waals surface area contributed by atoms with E-state index in [9.17, 15) is 0 Å². The molecular formula is C18H30N2O. The maximum Gasteiger partial charge on any atom is 0.118 e. The second kappa shape index (κ2) is 7.28. The Bertz CT molecular complexity index is 422. The molecule has 0 aliphatic carbocycles. The first-order valence-electron chi connectivity index (χ1n) is 8.10. The summed E-state index contributed by atoms with van der Waals surface area (Å²) in [5.41, 5.74) is 1.61. The zero-order valence-electron chi connectivity index (χ0n) is 14.0. The molecule has 3 heteroatoms. The number of nitrogens with one attached hydrogen (secondary N) is 1. The zero-order valence-corrected chi connectivity index (χ0v) is 14.0. The highest BCUT2D eigenvalue weighted by atomic mass is 16.5. The quantitative estimate of drug-likeness (QED) is 0.871. The van der Waals surface area contributed by atoms with E-state index in [2.05, 4.69) is 55.3 Å². The average molecular weight is 290 g/mol. The summed E-state index contributed by atoms with van der Waals surface area (Å²) in [6.07, 6.45) is 3.78. The van der Waals surface area contributed by atoms with Crippen LogP contribution in [0.2, 0.25) is 0 Å². The van der Waals surface area contributed by atoms with Crippen molar-refractivity contribution in [2.24, 2.45) is 0 Å². The first-order chi connectivity index (χ1) is 9.98. The van der Waals surface area contributed by atoms with Crippen LogP contribution in [0.3, 0.4) is 0 Å². The Morgan fingerprint density at radius 2 is 1.95 bits per heavy atom. The molecule has 1 saturated heterocycles. The van der Waals surface area contributed by atoms with Crippen LogP contribution < -0.4 is 10.1 Å². The molecule has 1 heterocycles. The summed E-state index contributed by atoms with van der Waals surface area (Å²) in [6, 6.07) is 9.16. The number of hydrogen-bond acceptors (Lipinski definition) is 3. The number of methoxy groups -OCH3 is 1. The standard InChI is InChI=1S/C18H30N2O/c1-18(2,3)19-14-16-6-5-12-20(16)13-11-15-7-9-17(21-4)10-8-15/h7-10,16,19H,5-6,11-14H2,1-4H3. The van der Waals surface area contributed by atoms with Crippen molar-refractivity contribution < 1.29 is 4.74 Å². The second-order valence-corrected chi connectivity index (χ2v) is 7.06. The summed E-state index contributed by atoms with van der Waals surface area (Å²) in [6.45, 7) is 10.2. The minimum atomic E-state index is 0.213. The molecule has 0 bridgehead atoms. The monoisotopic (exact) mass is 290 g/mol.